The molecule has 0 fully saturated rings. The fourth-order valence-electron chi connectivity index (χ4n) is 1.88. The first-order chi connectivity index (χ1) is 9.92. The Balaban J connectivity index is 2.23. The van der Waals surface area contributed by atoms with Crippen molar-refractivity contribution in [3.63, 3.8) is 0 Å². The van der Waals surface area contributed by atoms with Crippen molar-refractivity contribution in [3.05, 3.63) is 52.5 Å². The summed E-state index contributed by atoms with van der Waals surface area (Å²) in [4.78, 5) is 0.240. The second-order valence-corrected chi connectivity index (χ2v) is 7.16. The molecule has 0 heterocycles. The second kappa shape index (κ2) is 6.49. The summed E-state index contributed by atoms with van der Waals surface area (Å²) in [6.45, 7) is 4.69. The van der Waals surface area contributed by atoms with Gasteiger partial charge in [-0.1, -0.05) is 15.9 Å². The van der Waals surface area contributed by atoms with Crippen LogP contribution in [0, 0.1) is 6.92 Å². The van der Waals surface area contributed by atoms with Gasteiger partial charge in [0.1, 0.15) is 0 Å². The van der Waals surface area contributed by atoms with E-state index in [2.05, 4.69) is 26.0 Å². The SMILES string of the molecule is CCNc1ccc(S(=O)(=O)Nc2ccc(Br)c(C)c2)cc1. The number of halogens is 1. The Hall–Kier alpha value is -1.53. The Bertz CT molecular complexity index is 728. The predicted molar refractivity (Wildman–Crippen MR) is 90.3 cm³/mol. The molecule has 6 heteroatoms. The molecule has 0 saturated heterocycles. The van der Waals surface area contributed by atoms with E-state index in [1.807, 2.05) is 19.9 Å². The first-order valence-electron chi connectivity index (χ1n) is 6.55. The van der Waals surface area contributed by atoms with Crippen LogP contribution in [-0.2, 0) is 10.0 Å². The Labute approximate surface area is 133 Å². The fourth-order valence-corrected chi connectivity index (χ4v) is 3.17. The molecule has 2 N–H and O–H groups in total. The lowest BCUT2D eigenvalue weighted by molar-refractivity contribution is 0.601. The van der Waals surface area contributed by atoms with Gasteiger partial charge in [0.05, 0.1) is 4.90 Å². The minimum absolute atomic E-state index is 0.240. The molecule has 0 aliphatic carbocycles. The Morgan fingerprint density at radius 1 is 1.05 bits per heavy atom. The summed E-state index contributed by atoms with van der Waals surface area (Å²) in [6.07, 6.45) is 0. The molecule has 0 bridgehead atoms. The van der Waals surface area contributed by atoms with Crippen LogP contribution in [0.1, 0.15) is 12.5 Å². The maximum atomic E-state index is 12.3. The summed E-state index contributed by atoms with van der Waals surface area (Å²) < 4.78 is 28.2. The molecule has 0 saturated carbocycles. The van der Waals surface area contributed by atoms with E-state index in [4.69, 9.17) is 0 Å². The third kappa shape index (κ3) is 3.98. The molecular weight excluding hydrogens is 352 g/mol. The third-order valence-electron chi connectivity index (χ3n) is 2.96. The van der Waals surface area contributed by atoms with Crippen molar-refractivity contribution < 1.29 is 8.42 Å². The number of hydrogen-bond acceptors (Lipinski definition) is 3. The van der Waals surface area contributed by atoms with Crippen molar-refractivity contribution in [2.75, 3.05) is 16.6 Å². The molecule has 0 amide bonds. The lowest BCUT2D eigenvalue weighted by Crippen LogP contribution is -2.13. The average molecular weight is 369 g/mol. The first kappa shape index (κ1) is 15.9. The number of nitrogens with one attached hydrogen (secondary N) is 2. The van der Waals surface area contributed by atoms with Gasteiger partial charge in [-0.05, 0) is 61.9 Å². The molecule has 0 spiro atoms. The van der Waals surface area contributed by atoms with Gasteiger partial charge in [-0.25, -0.2) is 8.42 Å². The summed E-state index contributed by atoms with van der Waals surface area (Å²) in [5, 5.41) is 3.13. The second-order valence-electron chi connectivity index (χ2n) is 4.62. The summed E-state index contributed by atoms with van der Waals surface area (Å²) in [5.41, 5.74) is 2.42. The normalized spacial score (nSPS) is 11.2. The van der Waals surface area contributed by atoms with E-state index < -0.39 is 10.0 Å². The monoisotopic (exact) mass is 368 g/mol. The highest BCUT2D eigenvalue weighted by Crippen LogP contribution is 2.23. The van der Waals surface area contributed by atoms with Gasteiger partial charge in [-0.2, -0.15) is 0 Å². The zero-order chi connectivity index (χ0) is 15.5. The van der Waals surface area contributed by atoms with Gasteiger partial charge < -0.3 is 5.32 Å². The van der Waals surface area contributed by atoms with Crippen molar-refractivity contribution >= 4 is 37.3 Å². The largest absolute Gasteiger partial charge is 0.385 e. The van der Waals surface area contributed by atoms with Crippen LogP contribution in [0.2, 0.25) is 0 Å². The number of benzene rings is 2. The number of rotatable bonds is 5. The van der Waals surface area contributed by atoms with Gasteiger partial charge in [0.25, 0.3) is 10.0 Å². The molecule has 0 unspecified atom stereocenters. The molecule has 21 heavy (non-hydrogen) atoms. The molecule has 4 nitrogen and oxygen atoms in total. The average Bonchev–Trinajstić information content (AvgIpc) is 2.44. The van der Waals surface area contributed by atoms with Gasteiger partial charge >= 0.3 is 0 Å². The van der Waals surface area contributed by atoms with E-state index >= 15 is 0 Å². The van der Waals surface area contributed by atoms with Crippen molar-refractivity contribution in [3.8, 4) is 0 Å². The van der Waals surface area contributed by atoms with Crippen LogP contribution >= 0.6 is 15.9 Å². The quantitative estimate of drug-likeness (QED) is 0.838. The minimum Gasteiger partial charge on any atom is -0.385 e. The van der Waals surface area contributed by atoms with E-state index in [9.17, 15) is 8.42 Å². The number of hydrogen-bond donors (Lipinski definition) is 2. The van der Waals surface area contributed by atoms with Crippen LogP contribution in [0.3, 0.4) is 0 Å². The third-order valence-corrected chi connectivity index (χ3v) is 5.24. The maximum Gasteiger partial charge on any atom is 0.261 e. The van der Waals surface area contributed by atoms with Gasteiger partial charge in [-0.15, -0.1) is 0 Å². The van der Waals surface area contributed by atoms with Crippen LogP contribution in [0.4, 0.5) is 11.4 Å². The molecular formula is C15H17BrN2O2S. The van der Waals surface area contributed by atoms with Crippen molar-refractivity contribution in [2.45, 2.75) is 18.7 Å². The minimum atomic E-state index is -3.57. The van der Waals surface area contributed by atoms with Gasteiger partial charge in [0.2, 0.25) is 0 Å². The highest BCUT2D eigenvalue weighted by molar-refractivity contribution is 9.10. The van der Waals surface area contributed by atoms with Crippen LogP contribution < -0.4 is 10.0 Å². The molecule has 2 aromatic carbocycles. The van der Waals surface area contributed by atoms with Crippen LogP contribution in [0.25, 0.3) is 0 Å². The van der Waals surface area contributed by atoms with E-state index in [1.165, 1.54) is 0 Å². The van der Waals surface area contributed by atoms with Crippen LogP contribution in [0.5, 0.6) is 0 Å². The van der Waals surface area contributed by atoms with Gasteiger partial charge in [-0.3, -0.25) is 4.72 Å². The lowest BCUT2D eigenvalue weighted by Gasteiger charge is -2.10. The predicted octanol–water partition coefficient (Wildman–Crippen LogP) is 3.99. The standard InChI is InChI=1S/C15H17BrN2O2S/c1-3-17-12-4-7-14(8-5-12)21(19,20)18-13-6-9-15(16)11(2)10-13/h4-10,17-18H,3H2,1-2H3. The molecule has 0 atom stereocenters. The smallest absolute Gasteiger partial charge is 0.261 e. The first-order valence-corrected chi connectivity index (χ1v) is 8.83. The Kier molecular flexibility index (Phi) is 4.90. The van der Waals surface area contributed by atoms with Gasteiger partial charge in [0, 0.05) is 22.4 Å². The molecule has 112 valence electrons. The van der Waals surface area contributed by atoms with Crippen molar-refractivity contribution in [2.24, 2.45) is 0 Å². The Morgan fingerprint density at radius 3 is 2.24 bits per heavy atom. The fraction of sp³-hybridized carbons (Fsp3) is 0.200. The molecule has 0 aromatic heterocycles. The van der Waals surface area contributed by atoms with E-state index in [0.717, 1.165) is 22.3 Å². The lowest BCUT2D eigenvalue weighted by atomic mass is 10.2. The summed E-state index contributed by atoms with van der Waals surface area (Å²) in [6, 6.07) is 12.0. The number of aryl methyl sites for hydroxylation is 1. The summed E-state index contributed by atoms with van der Waals surface area (Å²) >= 11 is 3.39. The highest BCUT2D eigenvalue weighted by Gasteiger charge is 2.14. The zero-order valence-electron chi connectivity index (χ0n) is 11.9. The number of anilines is 2. The molecule has 0 radical (unpaired) electrons. The van der Waals surface area contributed by atoms with Crippen molar-refractivity contribution in [1.82, 2.24) is 0 Å². The maximum absolute atomic E-state index is 12.3. The Morgan fingerprint density at radius 2 is 1.67 bits per heavy atom. The summed E-state index contributed by atoms with van der Waals surface area (Å²) in [7, 11) is -3.57. The van der Waals surface area contributed by atoms with Crippen LogP contribution in [-0.4, -0.2) is 15.0 Å². The molecule has 0 aliphatic rings. The zero-order valence-corrected chi connectivity index (χ0v) is 14.3. The molecule has 0 aliphatic heterocycles. The van der Waals surface area contributed by atoms with Crippen molar-refractivity contribution in [1.29, 1.82) is 0 Å². The molecule has 2 aromatic rings. The highest BCUT2D eigenvalue weighted by atomic mass is 79.9. The number of sulfonamides is 1. The van der Waals surface area contributed by atoms with Crippen LogP contribution in [0.15, 0.2) is 51.8 Å². The van der Waals surface area contributed by atoms with E-state index in [0.29, 0.717) is 5.69 Å². The van der Waals surface area contributed by atoms with Gasteiger partial charge in [0.15, 0.2) is 0 Å². The molecule has 2 rings (SSSR count). The summed E-state index contributed by atoms with van der Waals surface area (Å²) in [5.74, 6) is 0. The van der Waals surface area contributed by atoms with E-state index in [1.54, 1.807) is 36.4 Å². The topological polar surface area (TPSA) is 58.2 Å². The van der Waals surface area contributed by atoms with E-state index in [-0.39, 0.29) is 4.90 Å².